The van der Waals surface area contributed by atoms with E-state index < -0.39 is 0 Å². The quantitative estimate of drug-likeness (QED) is 0.796. The van der Waals surface area contributed by atoms with Gasteiger partial charge in [0.05, 0.1) is 0 Å². The van der Waals surface area contributed by atoms with Crippen LogP contribution in [0.2, 0.25) is 0 Å². The number of piperidine rings is 2. The van der Waals surface area contributed by atoms with Crippen LogP contribution in [0.25, 0.3) is 0 Å². The van der Waals surface area contributed by atoms with Crippen LogP contribution in [0.1, 0.15) is 44.1 Å². The number of hydrogen-bond acceptors (Lipinski definition) is 3. The van der Waals surface area contributed by atoms with Gasteiger partial charge in [-0.25, -0.2) is 0 Å². The normalized spacial score (nSPS) is 26.0. The van der Waals surface area contributed by atoms with E-state index in [2.05, 4.69) is 17.3 Å². The Labute approximate surface area is 157 Å². The maximum Gasteiger partial charge on any atom is 0.220 e. The lowest BCUT2D eigenvalue weighted by atomic mass is 9.82. The van der Waals surface area contributed by atoms with Crippen LogP contribution in [0.15, 0.2) is 24.3 Å². The van der Waals surface area contributed by atoms with E-state index >= 15 is 0 Å². The van der Waals surface area contributed by atoms with Gasteiger partial charge in [0.25, 0.3) is 0 Å². The van der Waals surface area contributed by atoms with E-state index in [9.17, 15) is 4.79 Å². The number of benzene rings is 1. The number of aryl methyl sites for hydroxylation is 1. The summed E-state index contributed by atoms with van der Waals surface area (Å²) in [6.45, 7) is 0. The third kappa shape index (κ3) is 5.01. The number of amides is 1. The molecule has 2 aliphatic heterocycles. The molecule has 6 heteroatoms. The number of carbonyl (C=O) groups is 1. The van der Waals surface area contributed by atoms with Crippen molar-refractivity contribution in [2.24, 2.45) is 0 Å². The van der Waals surface area contributed by atoms with Crippen LogP contribution in [0.3, 0.4) is 0 Å². The van der Waals surface area contributed by atoms with Crippen LogP contribution in [0.4, 0.5) is 5.69 Å². The third-order valence-corrected chi connectivity index (χ3v) is 5.38. The average molecular weight is 374 g/mol. The Bertz CT molecular complexity index is 527. The molecule has 0 spiro atoms. The van der Waals surface area contributed by atoms with Gasteiger partial charge in [0, 0.05) is 30.2 Å². The maximum absolute atomic E-state index is 12.2. The highest BCUT2D eigenvalue weighted by molar-refractivity contribution is 5.85. The molecule has 1 aromatic carbocycles. The number of para-hydroxylation sites is 1. The summed E-state index contributed by atoms with van der Waals surface area (Å²) in [6, 6.07) is 9.46. The molecule has 3 rings (SSSR count). The lowest BCUT2D eigenvalue weighted by molar-refractivity contribution is -0.122. The first-order valence-corrected chi connectivity index (χ1v) is 8.48. The molecule has 3 N–H and O–H groups in total. The van der Waals surface area contributed by atoms with Gasteiger partial charge in [0.1, 0.15) is 0 Å². The van der Waals surface area contributed by atoms with Crippen LogP contribution >= 0.6 is 24.8 Å². The number of nitrogens with one attached hydrogen (secondary N) is 1. The Morgan fingerprint density at radius 2 is 1.83 bits per heavy atom. The molecule has 2 saturated heterocycles. The summed E-state index contributed by atoms with van der Waals surface area (Å²) in [5.74, 6) is 0.163. The zero-order chi connectivity index (χ0) is 15.5. The van der Waals surface area contributed by atoms with Gasteiger partial charge in [0.15, 0.2) is 0 Å². The minimum Gasteiger partial charge on any atom is -0.399 e. The Morgan fingerprint density at radius 3 is 2.46 bits per heavy atom. The highest BCUT2D eigenvalue weighted by atomic mass is 35.5. The molecule has 0 radical (unpaired) electrons. The monoisotopic (exact) mass is 373 g/mol. The fraction of sp³-hybridized carbons (Fsp3) is 0.611. The fourth-order valence-corrected chi connectivity index (χ4v) is 4.04. The molecule has 1 amide bonds. The summed E-state index contributed by atoms with van der Waals surface area (Å²) in [5, 5.41) is 3.25. The number of hydrogen-bond donors (Lipinski definition) is 2. The van der Waals surface area contributed by atoms with Crippen molar-refractivity contribution in [2.45, 2.75) is 63.1 Å². The van der Waals surface area contributed by atoms with Crippen molar-refractivity contribution in [1.82, 2.24) is 10.2 Å². The first kappa shape index (κ1) is 21.1. The van der Waals surface area contributed by atoms with Gasteiger partial charge in [-0.3, -0.25) is 4.79 Å². The first-order chi connectivity index (χ1) is 10.6. The van der Waals surface area contributed by atoms with Crippen LogP contribution < -0.4 is 11.1 Å². The molecule has 2 aliphatic rings. The van der Waals surface area contributed by atoms with Crippen molar-refractivity contribution < 1.29 is 4.79 Å². The number of halogens is 2. The molecule has 2 atom stereocenters. The van der Waals surface area contributed by atoms with E-state index in [1.807, 2.05) is 24.3 Å². The van der Waals surface area contributed by atoms with E-state index in [0.717, 1.165) is 30.5 Å². The molecule has 1 aromatic rings. The van der Waals surface area contributed by atoms with Crippen molar-refractivity contribution in [3.8, 4) is 0 Å². The van der Waals surface area contributed by atoms with Crippen molar-refractivity contribution >= 4 is 36.4 Å². The Kier molecular flexibility index (Phi) is 8.34. The van der Waals surface area contributed by atoms with Gasteiger partial charge in [-0.15, -0.1) is 24.8 Å². The molecular weight excluding hydrogens is 345 g/mol. The summed E-state index contributed by atoms with van der Waals surface area (Å²) in [4.78, 5) is 14.8. The predicted molar refractivity (Wildman–Crippen MR) is 104 cm³/mol. The zero-order valence-corrected chi connectivity index (χ0v) is 15.9. The second-order valence-corrected chi connectivity index (χ2v) is 6.84. The molecule has 0 aromatic heterocycles. The number of nitrogens with two attached hydrogens (primary N) is 1. The number of nitrogens with zero attached hydrogens (tertiary/aromatic N) is 1. The highest BCUT2D eigenvalue weighted by Gasteiger charge is 2.36. The average Bonchev–Trinajstić information content (AvgIpc) is 2.47. The molecule has 0 saturated carbocycles. The highest BCUT2D eigenvalue weighted by Crippen LogP contribution is 2.32. The van der Waals surface area contributed by atoms with Crippen LogP contribution in [-0.4, -0.2) is 36.0 Å². The molecule has 24 heavy (non-hydrogen) atoms. The second-order valence-electron chi connectivity index (χ2n) is 6.84. The molecule has 2 fully saturated rings. The van der Waals surface area contributed by atoms with Crippen LogP contribution in [-0.2, 0) is 11.2 Å². The maximum atomic E-state index is 12.2. The van der Waals surface area contributed by atoms with Gasteiger partial charge in [-0.05, 0) is 50.8 Å². The molecule has 4 nitrogen and oxygen atoms in total. The van der Waals surface area contributed by atoms with Gasteiger partial charge >= 0.3 is 0 Å². The SMILES string of the molecule is CN1C2CCCC1CC(NC(=O)CCc1ccccc1N)C2.Cl.Cl. The Hall–Kier alpha value is -0.970. The van der Waals surface area contributed by atoms with E-state index in [4.69, 9.17) is 5.73 Å². The number of rotatable bonds is 4. The summed E-state index contributed by atoms with van der Waals surface area (Å²) >= 11 is 0. The lowest BCUT2D eigenvalue weighted by Crippen LogP contribution is -2.55. The summed E-state index contributed by atoms with van der Waals surface area (Å²) in [5.41, 5.74) is 7.78. The standard InChI is InChI=1S/C18H27N3O.2ClH/c1-21-15-6-4-7-16(21)12-14(11-15)20-18(22)10-9-13-5-2-3-8-17(13)19;;/h2-3,5,8,14-16H,4,6-7,9-12,19H2,1H3,(H,20,22);2*1H. The smallest absolute Gasteiger partial charge is 0.220 e. The van der Waals surface area contributed by atoms with Gasteiger partial charge in [-0.1, -0.05) is 24.6 Å². The van der Waals surface area contributed by atoms with Crippen molar-refractivity contribution in [3.63, 3.8) is 0 Å². The second kappa shape index (κ2) is 9.50. The zero-order valence-electron chi connectivity index (χ0n) is 14.2. The summed E-state index contributed by atoms with van der Waals surface area (Å²) in [6.07, 6.45) is 7.35. The van der Waals surface area contributed by atoms with Crippen molar-refractivity contribution in [1.29, 1.82) is 0 Å². The largest absolute Gasteiger partial charge is 0.399 e. The molecule has 2 bridgehead atoms. The number of anilines is 1. The van der Waals surface area contributed by atoms with E-state index in [1.54, 1.807) is 0 Å². The molecule has 0 aliphatic carbocycles. The third-order valence-electron chi connectivity index (χ3n) is 5.38. The summed E-state index contributed by atoms with van der Waals surface area (Å²) in [7, 11) is 2.24. The van der Waals surface area contributed by atoms with Gasteiger partial charge in [0.2, 0.25) is 5.91 Å². The summed E-state index contributed by atoms with van der Waals surface area (Å²) < 4.78 is 0. The van der Waals surface area contributed by atoms with Crippen LogP contribution in [0.5, 0.6) is 0 Å². The molecule has 2 heterocycles. The molecular formula is C18H29Cl2N3O. The first-order valence-electron chi connectivity index (χ1n) is 8.48. The topological polar surface area (TPSA) is 58.4 Å². The van der Waals surface area contributed by atoms with Crippen LogP contribution in [0, 0.1) is 0 Å². The number of carbonyl (C=O) groups excluding carboxylic acids is 1. The van der Waals surface area contributed by atoms with E-state index in [0.29, 0.717) is 24.5 Å². The number of nitrogen functional groups attached to an aromatic ring is 1. The Balaban J connectivity index is 0.00000144. The minimum atomic E-state index is 0. The number of fused-ring (bicyclic) bond motifs is 2. The van der Waals surface area contributed by atoms with Crippen molar-refractivity contribution in [3.05, 3.63) is 29.8 Å². The van der Waals surface area contributed by atoms with Gasteiger partial charge in [-0.2, -0.15) is 0 Å². The van der Waals surface area contributed by atoms with Gasteiger partial charge < -0.3 is 16.0 Å². The van der Waals surface area contributed by atoms with Crippen molar-refractivity contribution in [2.75, 3.05) is 12.8 Å². The lowest BCUT2D eigenvalue weighted by Gasteiger charge is -2.47. The Morgan fingerprint density at radius 1 is 1.21 bits per heavy atom. The molecule has 2 unspecified atom stereocenters. The van der Waals surface area contributed by atoms with E-state index in [-0.39, 0.29) is 30.7 Å². The molecule has 136 valence electrons. The minimum absolute atomic E-state index is 0. The predicted octanol–water partition coefficient (Wildman–Crippen LogP) is 3.18. The van der Waals surface area contributed by atoms with E-state index in [1.165, 1.54) is 19.3 Å². The fourth-order valence-electron chi connectivity index (χ4n) is 4.04.